The van der Waals surface area contributed by atoms with Crippen molar-refractivity contribution in [2.75, 3.05) is 37.3 Å². The predicted octanol–water partition coefficient (Wildman–Crippen LogP) is 2.41. The number of piperidine rings is 1. The molecule has 0 spiro atoms. The van der Waals surface area contributed by atoms with Gasteiger partial charge in [-0.3, -0.25) is 0 Å². The van der Waals surface area contributed by atoms with E-state index >= 15 is 0 Å². The third-order valence-electron chi connectivity index (χ3n) is 3.53. The average molecular weight is 280 g/mol. The first kappa shape index (κ1) is 14.6. The first-order valence-corrected chi connectivity index (χ1v) is 8.37. The second kappa shape index (κ2) is 7.70. The summed E-state index contributed by atoms with van der Waals surface area (Å²) in [5.41, 5.74) is 0. The van der Waals surface area contributed by atoms with Crippen molar-refractivity contribution in [1.29, 1.82) is 0 Å². The van der Waals surface area contributed by atoms with Gasteiger partial charge in [0.05, 0.1) is 0 Å². The van der Waals surface area contributed by atoms with E-state index in [1.807, 2.05) is 0 Å². The smallest absolute Gasteiger partial charge is 0.133 e. The molecule has 0 aliphatic carbocycles. The van der Waals surface area contributed by atoms with Crippen LogP contribution < -0.4 is 10.2 Å². The van der Waals surface area contributed by atoms with Crippen molar-refractivity contribution < 1.29 is 0 Å². The van der Waals surface area contributed by atoms with E-state index < -0.39 is 0 Å². The Bertz CT molecular complexity index is 379. The van der Waals surface area contributed by atoms with Gasteiger partial charge < -0.3 is 10.2 Å². The summed E-state index contributed by atoms with van der Waals surface area (Å²) in [7, 11) is 0. The molecule has 1 fully saturated rings. The molecule has 0 bridgehead atoms. The van der Waals surface area contributed by atoms with Crippen LogP contribution in [0.25, 0.3) is 0 Å². The lowest BCUT2D eigenvalue weighted by Gasteiger charge is -2.30. The van der Waals surface area contributed by atoms with Crippen LogP contribution in [0, 0.1) is 5.92 Å². The highest BCUT2D eigenvalue weighted by Crippen LogP contribution is 2.20. The van der Waals surface area contributed by atoms with E-state index in [1.54, 1.807) is 18.1 Å². The van der Waals surface area contributed by atoms with E-state index in [-0.39, 0.29) is 0 Å². The van der Waals surface area contributed by atoms with E-state index in [9.17, 15) is 0 Å². The van der Waals surface area contributed by atoms with Crippen molar-refractivity contribution in [3.63, 3.8) is 0 Å². The molecule has 0 radical (unpaired) electrons. The van der Waals surface area contributed by atoms with Gasteiger partial charge in [-0.05, 0) is 44.5 Å². The minimum absolute atomic E-state index is 0.744. The number of nitrogens with zero attached hydrogens (tertiary/aromatic N) is 3. The molecule has 1 unspecified atom stereocenters. The van der Waals surface area contributed by atoms with E-state index in [0.717, 1.165) is 42.8 Å². The molecule has 1 aliphatic heterocycles. The first-order valence-electron chi connectivity index (χ1n) is 7.15. The van der Waals surface area contributed by atoms with Gasteiger partial charge in [0, 0.05) is 19.2 Å². The van der Waals surface area contributed by atoms with Gasteiger partial charge >= 0.3 is 0 Å². The van der Waals surface area contributed by atoms with Crippen LogP contribution in [0.5, 0.6) is 0 Å². The molecule has 0 saturated carbocycles. The Morgan fingerprint density at radius 1 is 1.47 bits per heavy atom. The highest BCUT2D eigenvalue weighted by atomic mass is 32.2. The fraction of sp³-hybridized carbons (Fsp3) is 0.714. The van der Waals surface area contributed by atoms with Gasteiger partial charge in [0.2, 0.25) is 0 Å². The van der Waals surface area contributed by atoms with E-state index in [4.69, 9.17) is 0 Å². The molecule has 4 nitrogen and oxygen atoms in total. The van der Waals surface area contributed by atoms with Gasteiger partial charge in [-0.25, -0.2) is 9.97 Å². The summed E-state index contributed by atoms with van der Waals surface area (Å²) in [6.45, 7) is 6.71. The number of hydrogen-bond acceptors (Lipinski definition) is 5. The maximum Gasteiger partial charge on any atom is 0.133 e. The first-order chi connectivity index (χ1) is 9.33. The summed E-state index contributed by atoms with van der Waals surface area (Å²) in [6.07, 6.45) is 7.52. The lowest BCUT2D eigenvalue weighted by atomic mass is 9.99. The SMILES string of the molecule is CCCN(CC1CCCNC1)c1cc(SC)ncn1. The van der Waals surface area contributed by atoms with Gasteiger partial charge in [0.1, 0.15) is 17.2 Å². The van der Waals surface area contributed by atoms with Crippen molar-refractivity contribution in [3.05, 3.63) is 12.4 Å². The highest BCUT2D eigenvalue weighted by Gasteiger charge is 2.18. The van der Waals surface area contributed by atoms with E-state index in [1.165, 1.54) is 19.4 Å². The Balaban J connectivity index is 2.04. The molecule has 5 heteroatoms. The molecule has 2 heterocycles. The minimum Gasteiger partial charge on any atom is -0.356 e. The molecule has 1 atom stereocenters. The molecule has 1 aliphatic rings. The zero-order valence-corrected chi connectivity index (χ0v) is 12.7. The predicted molar refractivity (Wildman–Crippen MR) is 81.9 cm³/mol. The largest absolute Gasteiger partial charge is 0.356 e. The monoisotopic (exact) mass is 280 g/mol. The van der Waals surface area contributed by atoms with Gasteiger partial charge in [-0.2, -0.15) is 0 Å². The van der Waals surface area contributed by atoms with Crippen LogP contribution in [0.1, 0.15) is 26.2 Å². The van der Waals surface area contributed by atoms with Gasteiger partial charge in [0.25, 0.3) is 0 Å². The number of aromatic nitrogens is 2. The third-order valence-corrected chi connectivity index (χ3v) is 4.17. The van der Waals surface area contributed by atoms with Crippen molar-refractivity contribution in [2.45, 2.75) is 31.2 Å². The number of rotatable bonds is 6. The Morgan fingerprint density at radius 2 is 2.37 bits per heavy atom. The maximum atomic E-state index is 4.45. The molecular formula is C14H24N4S. The van der Waals surface area contributed by atoms with Crippen LogP contribution >= 0.6 is 11.8 Å². The topological polar surface area (TPSA) is 41.0 Å². The highest BCUT2D eigenvalue weighted by molar-refractivity contribution is 7.98. The van der Waals surface area contributed by atoms with Crippen LogP contribution in [-0.4, -0.2) is 42.4 Å². The number of nitrogens with one attached hydrogen (secondary N) is 1. The second-order valence-corrected chi connectivity index (χ2v) is 5.90. The normalized spacial score (nSPS) is 19.4. The van der Waals surface area contributed by atoms with Crippen LogP contribution in [0.3, 0.4) is 0 Å². The maximum absolute atomic E-state index is 4.45. The van der Waals surface area contributed by atoms with Gasteiger partial charge in [-0.15, -0.1) is 11.8 Å². The summed E-state index contributed by atoms with van der Waals surface area (Å²) in [4.78, 5) is 11.1. The van der Waals surface area contributed by atoms with Crippen molar-refractivity contribution in [2.24, 2.45) is 5.92 Å². The van der Waals surface area contributed by atoms with Crippen molar-refractivity contribution >= 4 is 17.6 Å². The number of thioether (sulfide) groups is 1. The summed E-state index contributed by atoms with van der Waals surface area (Å²) in [5.74, 6) is 1.82. The van der Waals surface area contributed by atoms with Crippen LogP contribution in [0.15, 0.2) is 17.4 Å². The fourth-order valence-electron chi connectivity index (χ4n) is 2.58. The summed E-state index contributed by atoms with van der Waals surface area (Å²) in [5, 5.41) is 4.54. The van der Waals surface area contributed by atoms with Crippen LogP contribution in [0.4, 0.5) is 5.82 Å². The standard InChI is InChI=1S/C14H24N4S/c1-3-7-18(10-12-5-4-6-15-9-12)13-8-14(19-2)17-11-16-13/h8,11-12,15H,3-7,9-10H2,1-2H3. The molecule has 1 aromatic heterocycles. The fourth-order valence-corrected chi connectivity index (χ4v) is 2.95. The van der Waals surface area contributed by atoms with Crippen LogP contribution in [0.2, 0.25) is 0 Å². The number of anilines is 1. The van der Waals surface area contributed by atoms with Crippen LogP contribution in [-0.2, 0) is 0 Å². The summed E-state index contributed by atoms with van der Waals surface area (Å²) in [6, 6.07) is 2.11. The second-order valence-electron chi connectivity index (χ2n) is 5.08. The Labute approximate surface area is 120 Å². The third kappa shape index (κ3) is 4.35. The van der Waals surface area contributed by atoms with E-state index in [0.29, 0.717) is 0 Å². The molecule has 19 heavy (non-hydrogen) atoms. The van der Waals surface area contributed by atoms with Gasteiger partial charge in [-0.1, -0.05) is 6.92 Å². The summed E-state index contributed by atoms with van der Waals surface area (Å²) < 4.78 is 0. The molecular weight excluding hydrogens is 256 g/mol. The summed E-state index contributed by atoms with van der Waals surface area (Å²) >= 11 is 1.67. The van der Waals surface area contributed by atoms with E-state index in [2.05, 4.69) is 39.4 Å². The molecule has 1 aromatic rings. The quantitative estimate of drug-likeness (QED) is 0.640. The van der Waals surface area contributed by atoms with Gasteiger partial charge in [0.15, 0.2) is 0 Å². The molecule has 2 rings (SSSR count). The zero-order chi connectivity index (χ0) is 13.5. The minimum atomic E-state index is 0.744. The molecule has 1 saturated heterocycles. The lowest BCUT2D eigenvalue weighted by Crippen LogP contribution is -2.39. The molecule has 106 valence electrons. The molecule has 1 N–H and O–H groups in total. The number of hydrogen-bond donors (Lipinski definition) is 1. The average Bonchev–Trinajstić information content (AvgIpc) is 2.48. The zero-order valence-electron chi connectivity index (χ0n) is 11.9. The Kier molecular flexibility index (Phi) is 5.92. The Hall–Kier alpha value is -0.810. The van der Waals surface area contributed by atoms with Crippen molar-refractivity contribution in [1.82, 2.24) is 15.3 Å². The van der Waals surface area contributed by atoms with Crippen molar-refractivity contribution in [3.8, 4) is 0 Å². The molecule has 0 amide bonds. The lowest BCUT2D eigenvalue weighted by molar-refractivity contribution is 0.376. The molecule has 0 aromatic carbocycles. The Morgan fingerprint density at radius 3 is 3.05 bits per heavy atom.